The molecule has 0 radical (unpaired) electrons. The average Bonchev–Trinajstić information content (AvgIpc) is 2.97. The lowest BCUT2D eigenvalue weighted by molar-refractivity contribution is -0.125. The molecule has 10 nitrogen and oxygen atoms in total. The molecule has 3 aliphatic heterocycles. The summed E-state index contributed by atoms with van der Waals surface area (Å²) in [5.41, 5.74) is 1.04. The van der Waals surface area contributed by atoms with Crippen LogP contribution in [0.4, 0.5) is 16.2 Å². The van der Waals surface area contributed by atoms with Gasteiger partial charge in [0.05, 0.1) is 12.3 Å². The number of morpholine rings is 1. The second-order valence-corrected chi connectivity index (χ2v) is 8.34. The molecule has 1 aromatic rings. The van der Waals surface area contributed by atoms with Gasteiger partial charge in [-0.3, -0.25) is 14.2 Å². The van der Waals surface area contributed by atoms with Crippen molar-refractivity contribution in [3.8, 4) is 5.75 Å². The number of rotatable bonds is 3. The van der Waals surface area contributed by atoms with Crippen molar-refractivity contribution >= 4 is 33.5 Å². The molecule has 4 rings (SSSR count). The Bertz CT molecular complexity index is 902. The number of fused-ring (bicyclic) bond motifs is 3. The van der Waals surface area contributed by atoms with Gasteiger partial charge in [-0.15, -0.1) is 0 Å². The Kier molecular flexibility index (Phi) is 4.24. The van der Waals surface area contributed by atoms with E-state index in [1.807, 2.05) is 0 Å². The van der Waals surface area contributed by atoms with Gasteiger partial charge in [0.25, 0.3) is 16.0 Å². The molecular formula is C16H18N2O8S. The van der Waals surface area contributed by atoms with Crippen molar-refractivity contribution in [1.29, 1.82) is 0 Å². The van der Waals surface area contributed by atoms with E-state index in [1.54, 1.807) is 23.1 Å². The lowest BCUT2D eigenvalue weighted by Gasteiger charge is -2.33. The van der Waals surface area contributed by atoms with Crippen LogP contribution in [0.25, 0.3) is 0 Å². The Morgan fingerprint density at radius 1 is 1.30 bits per heavy atom. The summed E-state index contributed by atoms with van der Waals surface area (Å²) in [4.78, 5) is 27.3. The molecule has 2 saturated heterocycles. The molecule has 2 fully saturated rings. The van der Waals surface area contributed by atoms with Crippen LogP contribution in [-0.2, 0) is 24.4 Å². The number of carbonyl (C=O) groups excluding carboxylic acids is 2. The van der Waals surface area contributed by atoms with Crippen LogP contribution in [0.3, 0.4) is 0 Å². The number of cyclic esters (lactones) is 1. The maximum Gasteiger partial charge on any atom is 0.415 e. The van der Waals surface area contributed by atoms with Gasteiger partial charge in [-0.1, -0.05) is 0 Å². The molecule has 1 aromatic carbocycles. The monoisotopic (exact) mass is 398 g/mol. The third-order valence-electron chi connectivity index (χ3n) is 4.99. The highest BCUT2D eigenvalue weighted by Gasteiger charge is 2.51. The van der Waals surface area contributed by atoms with Crippen molar-refractivity contribution in [2.75, 3.05) is 36.2 Å². The molecular weight excluding hydrogens is 380 g/mol. The van der Waals surface area contributed by atoms with Crippen molar-refractivity contribution in [1.82, 2.24) is 0 Å². The van der Waals surface area contributed by atoms with Crippen LogP contribution in [0, 0.1) is 0 Å². The molecule has 3 aliphatic rings. The molecule has 0 bridgehead atoms. The zero-order chi connectivity index (χ0) is 19.3. The van der Waals surface area contributed by atoms with Crippen LogP contribution in [0.5, 0.6) is 5.75 Å². The molecule has 146 valence electrons. The fourth-order valence-electron chi connectivity index (χ4n) is 3.51. The summed E-state index contributed by atoms with van der Waals surface area (Å²) >= 11 is 0. The van der Waals surface area contributed by atoms with Gasteiger partial charge in [0.1, 0.15) is 36.4 Å². The molecule has 1 unspecified atom stereocenters. The number of hydrogen-bond acceptors (Lipinski definition) is 7. The van der Waals surface area contributed by atoms with Gasteiger partial charge in [-0.05, 0) is 19.1 Å². The van der Waals surface area contributed by atoms with Crippen molar-refractivity contribution < 1.29 is 36.8 Å². The van der Waals surface area contributed by atoms with Crippen molar-refractivity contribution in [3.05, 3.63) is 18.2 Å². The molecule has 0 aromatic heterocycles. The van der Waals surface area contributed by atoms with Gasteiger partial charge >= 0.3 is 6.09 Å². The minimum absolute atomic E-state index is 0.00375. The lowest BCUT2D eigenvalue weighted by Crippen LogP contribution is -2.49. The predicted molar refractivity (Wildman–Crippen MR) is 92.7 cm³/mol. The normalized spacial score (nSPS) is 26.1. The number of nitrogens with zero attached hydrogens (tertiary/aromatic N) is 2. The summed E-state index contributed by atoms with van der Waals surface area (Å²) in [6.45, 7) is 2.14. The number of ether oxygens (including phenoxy) is 3. The number of hydrogen-bond donors (Lipinski definition) is 1. The molecule has 1 N–H and O–H groups in total. The molecule has 2 amide bonds. The fraction of sp³-hybridized carbons (Fsp3) is 0.500. The number of amides is 2. The largest absolute Gasteiger partial charge is 0.489 e. The molecule has 11 heteroatoms. The summed E-state index contributed by atoms with van der Waals surface area (Å²) < 4.78 is 48.3. The molecule has 27 heavy (non-hydrogen) atoms. The molecule has 0 saturated carbocycles. The second kappa shape index (κ2) is 6.36. The minimum atomic E-state index is -4.38. The van der Waals surface area contributed by atoms with E-state index in [-0.39, 0.29) is 19.1 Å². The zero-order valence-corrected chi connectivity index (χ0v) is 15.2. The molecule has 3 atom stereocenters. The third-order valence-corrected chi connectivity index (χ3v) is 6.19. The maximum absolute atomic E-state index is 12.3. The van der Waals surface area contributed by atoms with E-state index in [9.17, 15) is 22.6 Å². The Morgan fingerprint density at radius 2 is 2.07 bits per heavy atom. The van der Waals surface area contributed by atoms with Crippen LogP contribution in [-0.4, -0.2) is 68.7 Å². The van der Waals surface area contributed by atoms with E-state index < -0.39 is 33.6 Å². The summed E-state index contributed by atoms with van der Waals surface area (Å²) in [6, 6.07) is 4.28. The average molecular weight is 398 g/mol. The SMILES string of the molecule is CC([C@@H]1OC(=O)N2c3ccc(N4CCOCC4=O)cc3OC[C@@H]12)S(=O)(=O)O. The number of carbonyl (C=O) groups is 2. The van der Waals surface area contributed by atoms with Crippen LogP contribution < -0.4 is 14.5 Å². The highest BCUT2D eigenvalue weighted by molar-refractivity contribution is 7.86. The van der Waals surface area contributed by atoms with Crippen molar-refractivity contribution in [2.24, 2.45) is 0 Å². The zero-order valence-electron chi connectivity index (χ0n) is 14.4. The quantitative estimate of drug-likeness (QED) is 0.727. The summed E-state index contributed by atoms with van der Waals surface area (Å²) in [6.07, 6.45) is -1.76. The fourth-order valence-corrected chi connectivity index (χ4v) is 4.09. The van der Waals surface area contributed by atoms with Crippen LogP contribution in [0.2, 0.25) is 0 Å². The lowest BCUT2D eigenvalue weighted by atomic mass is 10.1. The van der Waals surface area contributed by atoms with Gasteiger partial charge in [-0.2, -0.15) is 8.42 Å². The van der Waals surface area contributed by atoms with Crippen LogP contribution >= 0.6 is 0 Å². The highest BCUT2D eigenvalue weighted by atomic mass is 32.2. The Hall–Kier alpha value is -2.37. The van der Waals surface area contributed by atoms with Gasteiger partial charge < -0.3 is 19.1 Å². The molecule has 0 spiro atoms. The summed E-state index contributed by atoms with van der Waals surface area (Å²) in [5, 5.41) is -1.29. The van der Waals surface area contributed by atoms with E-state index in [2.05, 4.69) is 0 Å². The smallest absolute Gasteiger partial charge is 0.415 e. The Balaban J connectivity index is 1.64. The topological polar surface area (TPSA) is 123 Å². The second-order valence-electron chi connectivity index (χ2n) is 6.57. The number of benzene rings is 1. The first-order chi connectivity index (χ1) is 12.8. The van der Waals surface area contributed by atoms with Gasteiger partial charge in [-0.25, -0.2) is 4.79 Å². The third kappa shape index (κ3) is 3.01. The molecule has 0 aliphatic carbocycles. The van der Waals surface area contributed by atoms with Gasteiger partial charge in [0.2, 0.25) is 0 Å². The van der Waals surface area contributed by atoms with Crippen LogP contribution in [0.15, 0.2) is 18.2 Å². The predicted octanol–water partition coefficient (Wildman–Crippen LogP) is 0.412. The Labute approximate surface area is 155 Å². The van der Waals surface area contributed by atoms with Gasteiger partial charge in [0, 0.05) is 18.3 Å². The minimum Gasteiger partial charge on any atom is -0.489 e. The van der Waals surface area contributed by atoms with E-state index in [0.717, 1.165) is 0 Å². The van der Waals surface area contributed by atoms with Crippen LogP contribution in [0.1, 0.15) is 6.92 Å². The first-order valence-electron chi connectivity index (χ1n) is 8.38. The van der Waals surface area contributed by atoms with Crippen molar-refractivity contribution in [3.63, 3.8) is 0 Å². The maximum atomic E-state index is 12.3. The first kappa shape index (κ1) is 18.0. The van der Waals surface area contributed by atoms with E-state index in [1.165, 1.54) is 11.8 Å². The summed E-state index contributed by atoms with van der Waals surface area (Å²) in [5.74, 6) is 0.220. The Morgan fingerprint density at radius 3 is 2.78 bits per heavy atom. The van der Waals surface area contributed by atoms with Crippen molar-refractivity contribution in [2.45, 2.75) is 24.3 Å². The number of anilines is 2. The van der Waals surface area contributed by atoms with E-state index in [4.69, 9.17) is 14.2 Å². The first-order valence-corrected chi connectivity index (χ1v) is 9.89. The van der Waals surface area contributed by atoms with E-state index in [0.29, 0.717) is 30.3 Å². The highest BCUT2D eigenvalue weighted by Crippen LogP contribution is 2.42. The van der Waals surface area contributed by atoms with E-state index >= 15 is 0 Å². The summed E-state index contributed by atoms with van der Waals surface area (Å²) in [7, 11) is -4.38. The van der Waals surface area contributed by atoms with Gasteiger partial charge in [0.15, 0.2) is 0 Å². The standard InChI is InChI=1S/C16H18N2O8S/c1-9(27(21,22)23)15-12-7-25-13-6-10(17-4-5-24-8-14(17)19)2-3-11(13)18(12)16(20)26-15/h2-3,6,9,12,15H,4-5,7-8H2,1H3,(H,21,22,23)/t9?,12-,15-/m0/s1. The molecule has 3 heterocycles.